The molecule has 1 atom stereocenters. The van der Waals surface area contributed by atoms with Gasteiger partial charge >= 0.3 is 0 Å². The van der Waals surface area contributed by atoms with Crippen molar-refractivity contribution < 1.29 is 4.74 Å². The van der Waals surface area contributed by atoms with Crippen molar-refractivity contribution in [3.63, 3.8) is 0 Å². The van der Waals surface area contributed by atoms with E-state index in [2.05, 4.69) is 26.7 Å². The fourth-order valence-electron chi connectivity index (χ4n) is 3.30. The van der Waals surface area contributed by atoms with Crippen molar-refractivity contribution in [2.75, 3.05) is 16.8 Å². The lowest BCUT2D eigenvalue weighted by atomic mass is 9.95. The number of nitrogens with one attached hydrogen (secondary N) is 2. The number of nitrogen functional groups attached to an aromatic ring is 2. The second-order valence-corrected chi connectivity index (χ2v) is 6.71. The molecule has 154 valence electrons. The zero-order chi connectivity index (χ0) is 22.7. The number of pyridine rings is 1. The molecule has 1 aliphatic rings. The summed E-state index contributed by atoms with van der Waals surface area (Å²) in [5.74, 6) is 1.53. The third-order valence-electron chi connectivity index (χ3n) is 4.75. The summed E-state index contributed by atoms with van der Waals surface area (Å²) in [7, 11) is 0. The van der Waals surface area contributed by atoms with E-state index in [0.29, 0.717) is 34.0 Å². The number of nitrogens with two attached hydrogens (primary N) is 2. The molecule has 1 unspecified atom stereocenters. The van der Waals surface area contributed by atoms with Gasteiger partial charge in [-0.3, -0.25) is 5.32 Å². The Balaban J connectivity index is 1.77. The molecule has 10 heteroatoms. The Hall–Kier alpha value is -5.27. The minimum Gasteiger partial charge on any atom is -0.457 e. The Morgan fingerprint density at radius 3 is 2.47 bits per heavy atom. The standard InChI is InChI=1S/C22H15N9O/c23-9-12-4-6-14(7-5-12)32-15-3-1-2-13(8-15)19-17-18(26)16(10-24)20(27)30-21(17)31-22(29-19)28-11-25/h1-8,19H,(H6,26,27,28,29,30,31). The quantitative estimate of drug-likeness (QED) is 0.365. The van der Waals surface area contributed by atoms with Gasteiger partial charge in [0.1, 0.15) is 40.8 Å². The van der Waals surface area contributed by atoms with Crippen LogP contribution in [0.4, 0.5) is 17.3 Å². The molecule has 1 aromatic heterocycles. The van der Waals surface area contributed by atoms with Crippen LogP contribution in [-0.4, -0.2) is 10.9 Å². The smallest absolute Gasteiger partial charge is 0.211 e. The highest BCUT2D eigenvalue weighted by Gasteiger charge is 2.29. The zero-order valence-corrected chi connectivity index (χ0v) is 16.5. The molecule has 6 N–H and O–H groups in total. The molecule has 10 nitrogen and oxygen atoms in total. The molecule has 0 saturated heterocycles. The number of nitriles is 3. The van der Waals surface area contributed by atoms with Crippen molar-refractivity contribution in [2.24, 2.45) is 4.99 Å². The van der Waals surface area contributed by atoms with Crippen LogP contribution in [0.15, 0.2) is 53.5 Å². The monoisotopic (exact) mass is 421 g/mol. The Kier molecular flexibility index (Phi) is 5.15. The minimum atomic E-state index is -0.674. The summed E-state index contributed by atoms with van der Waals surface area (Å²) < 4.78 is 5.91. The number of guanidine groups is 1. The maximum atomic E-state index is 9.44. The van der Waals surface area contributed by atoms with Crippen LogP contribution in [0.3, 0.4) is 0 Å². The predicted molar refractivity (Wildman–Crippen MR) is 117 cm³/mol. The third kappa shape index (κ3) is 3.65. The van der Waals surface area contributed by atoms with E-state index in [-0.39, 0.29) is 23.0 Å². The van der Waals surface area contributed by atoms with Crippen molar-refractivity contribution in [3.8, 4) is 29.8 Å². The molecule has 32 heavy (non-hydrogen) atoms. The molecule has 0 bridgehead atoms. The highest BCUT2D eigenvalue weighted by Crippen LogP contribution is 2.41. The molecule has 0 fully saturated rings. The van der Waals surface area contributed by atoms with E-state index in [0.717, 1.165) is 0 Å². The lowest BCUT2D eigenvalue weighted by molar-refractivity contribution is 0.481. The van der Waals surface area contributed by atoms with E-state index in [1.807, 2.05) is 18.3 Å². The molecule has 1 aliphatic heterocycles. The highest BCUT2D eigenvalue weighted by molar-refractivity contribution is 5.98. The number of hydrogen-bond donors (Lipinski definition) is 4. The fourth-order valence-corrected chi connectivity index (χ4v) is 3.30. The predicted octanol–water partition coefficient (Wildman–Crippen LogP) is 2.72. The lowest BCUT2D eigenvalue weighted by Gasteiger charge is -2.26. The Morgan fingerprint density at radius 2 is 1.78 bits per heavy atom. The number of benzene rings is 2. The second kappa shape index (κ2) is 8.23. The topological polar surface area (TPSA) is 182 Å². The molecule has 4 rings (SSSR count). The SMILES string of the molecule is N#CNC1=NC(c2cccc(Oc3ccc(C#N)cc3)c2)c2c(nc(N)c(C#N)c2N)N1. The van der Waals surface area contributed by atoms with E-state index in [1.165, 1.54) is 0 Å². The van der Waals surface area contributed by atoms with E-state index >= 15 is 0 Å². The van der Waals surface area contributed by atoms with E-state index < -0.39 is 6.04 Å². The molecule has 0 aliphatic carbocycles. The molecule has 0 amide bonds. The number of hydrogen-bond acceptors (Lipinski definition) is 10. The summed E-state index contributed by atoms with van der Waals surface area (Å²) in [6, 6.07) is 17.2. The number of aromatic nitrogens is 1. The van der Waals surface area contributed by atoms with Crippen molar-refractivity contribution in [2.45, 2.75) is 6.04 Å². The number of rotatable bonds is 3. The Labute approximate surface area is 183 Å². The van der Waals surface area contributed by atoms with Crippen LogP contribution in [0.2, 0.25) is 0 Å². The molecular formula is C22H15N9O. The van der Waals surface area contributed by atoms with Crippen LogP contribution in [0.1, 0.15) is 28.3 Å². The van der Waals surface area contributed by atoms with Crippen LogP contribution in [0.25, 0.3) is 0 Å². The largest absolute Gasteiger partial charge is 0.457 e. The van der Waals surface area contributed by atoms with Crippen LogP contribution in [0.5, 0.6) is 11.5 Å². The third-order valence-corrected chi connectivity index (χ3v) is 4.75. The summed E-state index contributed by atoms with van der Waals surface area (Å²) in [5, 5.41) is 32.7. The number of fused-ring (bicyclic) bond motifs is 1. The number of aliphatic imine (C=N–C) groups is 1. The maximum absolute atomic E-state index is 9.44. The average molecular weight is 421 g/mol. The van der Waals surface area contributed by atoms with Crippen LogP contribution in [-0.2, 0) is 0 Å². The van der Waals surface area contributed by atoms with Gasteiger partial charge in [0.15, 0.2) is 6.19 Å². The molecule has 2 heterocycles. The highest BCUT2D eigenvalue weighted by atomic mass is 16.5. The van der Waals surface area contributed by atoms with Gasteiger partial charge in [-0.25, -0.2) is 9.98 Å². The van der Waals surface area contributed by atoms with Gasteiger partial charge in [-0.1, -0.05) is 12.1 Å². The van der Waals surface area contributed by atoms with Crippen LogP contribution < -0.4 is 26.8 Å². The van der Waals surface area contributed by atoms with E-state index in [1.54, 1.807) is 42.5 Å². The number of nitrogens with zero attached hydrogens (tertiary/aromatic N) is 5. The van der Waals surface area contributed by atoms with Gasteiger partial charge in [-0.2, -0.15) is 15.8 Å². The van der Waals surface area contributed by atoms with Gasteiger partial charge in [-0.05, 0) is 42.0 Å². The van der Waals surface area contributed by atoms with Crippen LogP contribution in [0, 0.1) is 34.1 Å². The lowest BCUT2D eigenvalue weighted by Crippen LogP contribution is -2.32. The summed E-state index contributed by atoms with van der Waals surface area (Å²) in [5.41, 5.74) is 14.0. The van der Waals surface area contributed by atoms with Gasteiger partial charge in [-0.15, -0.1) is 0 Å². The first kappa shape index (κ1) is 20.0. The van der Waals surface area contributed by atoms with Crippen molar-refractivity contribution in [1.29, 1.82) is 15.8 Å². The first-order chi connectivity index (χ1) is 15.5. The Morgan fingerprint density at radius 1 is 1.00 bits per heavy atom. The number of ether oxygens (including phenoxy) is 1. The zero-order valence-electron chi connectivity index (χ0n) is 16.5. The summed E-state index contributed by atoms with van der Waals surface area (Å²) in [4.78, 5) is 8.77. The normalized spacial score (nSPS) is 13.9. The minimum absolute atomic E-state index is 0.0221. The molecular weight excluding hydrogens is 406 g/mol. The summed E-state index contributed by atoms with van der Waals surface area (Å²) in [6.45, 7) is 0. The maximum Gasteiger partial charge on any atom is 0.211 e. The average Bonchev–Trinajstić information content (AvgIpc) is 2.79. The van der Waals surface area contributed by atoms with Gasteiger partial charge in [0.25, 0.3) is 0 Å². The summed E-state index contributed by atoms with van der Waals surface area (Å²) in [6.07, 6.45) is 1.81. The van der Waals surface area contributed by atoms with Gasteiger partial charge in [0.2, 0.25) is 5.96 Å². The molecule has 2 aromatic carbocycles. The van der Waals surface area contributed by atoms with Crippen molar-refractivity contribution in [1.82, 2.24) is 10.3 Å². The van der Waals surface area contributed by atoms with Crippen LogP contribution >= 0.6 is 0 Å². The fraction of sp³-hybridized carbons (Fsp3) is 0.0455. The van der Waals surface area contributed by atoms with Crippen molar-refractivity contribution in [3.05, 3.63) is 70.8 Å². The van der Waals surface area contributed by atoms with Gasteiger partial charge < -0.3 is 21.5 Å². The van der Waals surface area contributed by atoms with Gasteiger partial charge in [0, 0.05) is 5.56 Å². The van der Waals surface area contributed by atoms with E-state index in [9.17, 15) is 5.26 Å². The van der Waals surface area contributed by atoms with Crippen molar-refractivity contribution >= 4 is 23.3 Å². The van der Waals surface area contributed by atoms with E-state index in [4.69, 9.17) is 26.7 Å². The molecule has 0 saturated carbocycles. The second-order valence-electron chi connectivity index (χ2n) is 6.71. The summed E-state index contributed by atoms with van der Waals surface area (Å²) >= 11 is 0. The Bertz CT molecular complexity index is 1360. The molecule has 0 spiro atoms. The molecule has 3 aromatic rings. The molecule has 0 radical (unpaired) electrons. The first-order valence-electron chi connectivity index (χ1n) is 9.31. The number of anilines is 3. The first-order valence-corrected chi connectivity index (χ1v) is 9.31. The van der Waals surface area contributed by atoms with Gasteiger partial charge in [0.05, 0.1) is 17.3 Å².